The molecule has 0 radical (unpaired) electrons. The maximum absolute atomic E-state index is 12.8. The fourth-order valence-corrected chi connectivity index (χ4v) is 4.24. The van der Waals surface area contributed by atoms with Crippen LogP contribution in [-0.4, -0.2) is 66.0 Å². The Labute approximate surface area is 147 Å². The molecule has 0 atom stereocenters. The van der Waals surface area contributed by atoms with E-state index in [9.17, 15) is 23.1 Å². The van der Waals surface area contributed by atoms with Crippen LogP contribution in [0.25, 0.3) is 0 Å². The van der Waals surface area contributed by atoms with Gasteiger partial charge in [0.2, 0.25) is 10.0 Å². The van der Waals surface area contributed by atoms with Gasteiger partial charge in [-0.15, -0.1) is 0 Å². The first-order valence-corrected chi connectivity index (χ1v) is 9.84. The molecule has 0 aliphatic carbocycles. The minimum atomic E-state index is -3.27. The molecule has 1 N–H and O–H groups in total. The second kappa shape index (κ2) is 7.57. The number of hydrogen-bond acceptors (Lipinski definition) is 5. The molecule has 8 nitrogen and oxygen atoms in total. The summed E-state index contributed by atoms with van der Waals surface area (Å²) in [7, 11) is -3.27. The average molecular weight is 372 g/mol. The molecule has 0 saturated carbocycles. The van der Waals surface area contributed by atoms with Gasteiger partial charge in [0.25, 0.3) is 5.91 Å². The van der Waals surface area contributed by atoms with Crippen molar-refractivity contribution in [2.45, 2.75) is 39.7 Å². The number of carboxylic acids is 1. The van der Waals surface area contributed by atoms with E-state index in [0.717, 1.165) is 0 Å². The quantitative estimate of drug-likeness (QED) is 0.805. The minimum Gasteiger partial charge on any atom is -0.480 e. The van der Waals surface area contributed by atoms with Crippen molar-refractivity contribution in [3.8, 4) is 0 Å². The van der Waals surface area contributed by atoms with Gasteiger partial charge in [0.15, 0.2) is 5.76 Å². The summed E-state index contributed by atoms with van der Waals surface area (Å²) in [6.45, 7) is 5.16. The molecule has 1 aliphatic rings. The molecule has 1 aromatic heterocycles. The lowest BCUT2D eigenvalue weighted by molar-refractivity contribution is -0.138. The molecule has 0 unspecified atom stereocenters. The molecule has 25 heavy (non-hydrogen) atoms. The van der Waals surface area contributed by atoms with Crippen LogP contribution in [0, 0.1) is 13.8 Å². The summed E-state index contributed by atoms with van der Waals surface area (Å²) in [4.78, 5) is 25.3. The Balaban J connectivity index is 2.18. The summed E-state index contributed by atoms with van der Waals surface area (Å²) in [6.07, 6.45) is 0.800. The molecule has 0 aromatic carbocycles. The van der Waals surface area contributed by atoms with E-state index in [-0.39, 0.29) is 30.6 Å². The number of carbonyl (C=O) groups is 2. The summed E-state index contributed by atoms with van der Waals surface area (Å²) in [5.41, 5.74) is 0.656. The van der Waals surface area contributed by atoms with E-state index in [4.69, 9.17) is 4.42 Å². The number of aryl methyl sites for hydroxylation is 2. The van der Waals surface area contributed by atoms with Gasteiger partial charge in [-0.2, -0.15) is 0 Å². The molecule has 0 spiro atoms. The largest absolute Gasteiger partial charge is 0.480 e. The van der Waals surface area contributed by atoms with Gasteiger partial charge in [0.1, 0.15) is 12.3 Å². The number of aliphatic carboxylic acids is 1. The first-order chi connectivity index (χ1) is 11.7. The lowest BCUT2D eigenvalue weighted by Crippen LogP contribution is -2.50. The topological polar surface area (TPSA) is 108 Å². The monoisotopic (exact) mass is 372 g/mol. The van der Waals surface area contributed by atoms with E-state index in [1.807, 2.05) is 0 Å². The second-order valence-corrected chi connectivity index (χ2v) is 8.48. The summed E-state index contributed by atoms with van der Waals surface area (Å²) in [6, 6.07) is 1.39. The molecule has 1 aromatic rings. The van der Waals surface area contributed by atoms with Gasteiger partial charge in [-0.05, 0) is 39.7 Å². The Morgan fingerprint density at radius 1 is 1.32 bits per heavy atom. The molecule has 140 valence electrons. The highest BCUT2D eigenvalue weighted by Gasteiger charge is 2.34. The van der Waals surface area contributed by atoms with E-state index in [1.54, 1.807) is 26.8 Å². The SMILES string of the molecule is CCS(=O)(=O)N1CCC(N(CC(=O)O)C(=O)c2oc(C)cc2C)CC1. The Kier molecular flexibility index (Phi) is 5.89. The van der Waals surface area contributed by atoms with Crippen molar-refractivity contribution >= 4 is 21.9 Å². The zero-order valence-electron chi connectivity index (χ0n) is 14.7. The molecular formula is C16H24N2O6S. The number of carbonyl (C=O) groups excluding carboxylic acids is 1. The fraction of sp³-hybridized carbons (Fsp3) is 0.625. The van der Waals surface area contributed by atoms with Crippen LogP contribution >= 0.6 is 0 Å². The highest BCUT2D eigenvalue weighted by molar-refractivity contribution is 7.89. The van der Waals surface area contributed by atoms with Crippen LogP contribution in [0.2, 0.25) is 0 Å². The zero-order valence-corrected chi connectivity index (χ0v) is 15.5. The first kappa shape index (κ1) is 19.5. The highest BCUT2D eigenvalue weighted by atomic mass is 32.2. The summed E-state index contributed by atoms with van der Waals surface area (Å²) in [5, 5.41) is 9.17. The third kappa shape index (κ3) is 4.40. The number of sulfonamides is 1. The van der Waals surface area contributed by atoms with Crippen LogP contribution in [0.1, 0.15) is 41.6 Å². The lowest BCUT2D eigenvalue weighted by atomic mass is 10.0. The predicted molar refractivity (Wildman–Crippen MR) is 90.9 cm³/mol. The van der Waals surface area contributed by atoms with Crippen molar-refractivity contribution in [2.75, 3.05) is 25.4 Å². The smallest absolute Gasteiger partial charge is 0.323 e. The van der Waals surface area contributed by atoms with Crippen molar-refractivity contribution < 1.29 is 27.5 Å². The Hall–Kier alpha value is -1.87. The van der Waals surface area contributed by atoms with Crippen LogP contribution in [0.3, 0.4) is 0 Å². The second-order valence-electron chi connectivity index (χ2n) is 6.23. The molecule has 1 aliphatic heterocycles. The van der Waals surface area contributed by atoms with Crippen LogP contribution in [0.15, 0.2) is 10.5 Å². The Morgan fingerprint density at radius 2 is 1.92 bits per heavy atom. The molecule has 2 rings (SSSR count). The van der Waals surface area contributed by atoms with Crippen molar-refractivity contribution in [1.82, 2.24) is 9.21 Å². The first-order valence-electron chi connectivity index (χ1n) is 8.23. The van der Waals surface area contributed by atoms with Gasteiger partial charge < -0.3 is 14.4 Å². The van der Waals surface area contributed by atoms with E-state index < -0.39 is 28.4 Å². The standard InChI is InChI=1S/C16H24N2O6S/c1-4-25(22,23)17-7-5-13(6-8-17)18(10-14(19)20)16(21)15-11(2)9-12(3)24-15/h9,13H,4-8,10H2,1-3H3,(H,19,20). The number of amides is 1. The lowest BCUT2D eigenvalue weighted by Gasteiger charge is -2.37. The highest BCUT2D eigenvalue weighted by Crippen LogP contribution is 2.23. The van der Waals surface area contributed by atoms with E-state index in [1.165, 1.54) is 9.21 Å². The maximum atomic E-state index is 12.8. The average Bonchev–Trinajstić information content (AvgIpc) is 2.90. The normalized spacial score (nSPS) is 16.8. The van der Waals surface area contributed by atoms with Crippen LogP contribution in [-0.2, 0) is 14.8 Å². The number of nitrogens with zero attached hydrogens (tertiary/aromatic N) is 2. The molecule has 1 fully saturated rings. The third-order valence-electron chi connectivity index (χ3n) is 4.42. The molecule has 9 heteroatoms. The van der Waals surface area contributed by atoms with Crippen molar-refractivity contribution in [2.24, 2.45) is 0 Å². The van der Waals surface area contributed by atoms with Gasteiger partial charge in [0.05, 0.1) is 5.75 Å². The van der Waals surface area contributed by atoms with Gasteiger partial charge in [-0.1, -0.05) is 0 Å². The van der Waals surface area contributed by atoms with Crippen LogP contribution < -0.4 is 0 Å². The third-order valence-corrected chi connectivity index (χ3v) is 6.31. The number of furan rings is 1. The van der Waals surface area contributed by atoms with Crippen molar-refractivity contribution in [3.05, 3.63) is 23.2 Å². The fourth-order valence-electron chi connectivity index (χ4n) is 3.11. The van der Waals surface area contributed by atoms with E-state index in [0.29, 0.717) is 24.2 Å². The number of hydrogen-bond donors (Lipinski definition) is 1. The summed E-state index contributed by atoms with van der Waals surface area (Å²) < 4.78 is 30.7. The number of rotatable bonds is 6. The van der Waals surface area contributed by atoms with Gasteiger partial charge in [-0.3, -0.25) is 9.59 Å². The molecular weight excluding hydrogens is 348 g/mol. The van der Waals surface area contributed by atoms with Crippen LogP contribution in [0.5, 0.6) is 0 Å². The van der Waals surface area contributed by atoms with Gasteiger partial charge >= 0.3 is 5.97 Å². The van der Waals surface area contributed by atoms with E-state index >= 15 is 0 Å². The summed E-state index contributed by atoms with van der Waals surface area (Å²) in [5.74, 6) is -0.828. The van der Waals surface area contributed by atoms with Crippen molar-refractivity contribution in [1.29, 1.82) is 0 Å². The molecule has 1 amide bonds. The zero-order chi connectivity index (χ0) is 18.8. The minimum absolute atomic E-state index is 0.0281. The predicted octanol–water partition coefficient (Wildman–Crippen LogP) is 1.24. The van der Waals surface area contributed by atoms with Crippen molar-refractivity contribution in [3.63, 3.8) is 0 Å². The van der Waals surface area contributed by atoms with Gasteiger partial charge in [-0.25, -0.2) is 12.7 Å². The number of carboxylic acid groups (broad SMARTS) is 1. The number of piperidine rings is 1. The van der Waals surface area contributed by atoms with E-state index in [2.05, 4.69) is 0 Å². The van der Waals surface area contributed by atoms with Gasteiger partial charge in [0, 0.05) is 24.7 Å². The molecule has 1 saturated heterocycles. The van der Waals surface area contributed by atoms with Crippen LogP contribution in [0.4, 0.5) is 0 Å². The Morgan fingerprint density at radius 3 is 2.36 bits per heavy atom. The summed E-state index contributed by atoms with van der Waals surface area (Å²) >= 11 is 0. The molecule has 0 bridgehead atoms. The Bertz CT molecular complexity index is 747. The molecule has 2 heterocycles. The maximum Gasteiger partial charge on any atom is 0.323 e.